The summed E-state index contributed by atoms with van der Waals surface area (Å²) in [6.07, 6.45) is 4.00. The summed E-state index contributed by atoms with van der Waals surface area (Å²) in [5.41, 5.74) is 4.26. The summed E-state index contributed by atoms with van der Waals surface area (Å²) in [5, 5.41) is 26.4. The first kappa shape index (κ1) is 50.4. The van der Waals surface area contributed by atoms with E-state index in [1.165, 1.54) is 13.8 Å². The summed E-state index contributed by atoms with van der Waals surface area (Å²) in [6, 6.07) is 0. The van der Waals surface area contributed by atoms with E-state index in [2.05, 4.69) is 53.5 Å². The number of allylic oxidation sites excluding steroid dienone is 4. The standard InChI is InChI=1S/C31H50N7O17P3S/c1-4-5-6-7-8-9-10-11-22(40)59-15-14-33-21(39)12-13-34-29(43)26(42)31(2,3)17-52-58(49,50)55-57(47,48)51-16-20-25(54-56(44,45)46)24(41)30(53-20)38-19-37-23-27(32)35-18-36-28(23)38/h5-6,9-10,18-20,24-26,30,41-42H,4,7-8,11-17H2,1-3H3,(H,33,39)(H,34,43)(H,47,48)(H,49,50)(H2,32,35,36)(H2,44,45,46)/b6-5-,10-9+/t20-,24-,25-,26+,30-/m1/s1. The number of phosphoric ester groups is 3. The first-order chi connectivity index (χ1) is 27.6. The van der Waals surface area contributed by atoms with E-state index < -0.39 is 84.6 Å². The highest BCUT2D eigenvalue weighted by molar-refractivity contribution is 8.13. The highest BCUT2D eigenvalue weighted by atomic mass is 32.2. The highest BCUT2D eigenvalue weighted by Crippen LogP contribution is 2.61. The number of aliphatic hydroxyl groups is 2. The molecule has 1 fully saturated rings. The second kappa shape index (κ2) is 22.8. The van der Waals surface area contributed by atoms with Crippen LogP contribution in [0.15, 0.2) is 37.0 Å². The number of nitrogens with zero attached hydrogens (tertiary/aromatic N) is 4. The number of nitrogen functional groups attached to an aromatic ring is 1. The van der Waals surface area contributed by atoms with Crippen molar-refractivity contribution in [2.75, 3.05) is 37.8 Å². The van der Waals surface area contributed by atoms with E-state index in [0.29, 0.717) is 5.75 Å². The van der Waals surface area contributed by atoms with Crippen molar-refractivity contribution in [3.63, 3.8) is 0 Å². The third kappa shape index (κ3) is 16.8. The van der Waals surface area contributed by atoms with Crippen molar-refractivity contribution in [3.05, 3.63) is 37.0 Å². The third-order valence-corrected chi connectivity index (χ3v) is 12.1. The van der Waals surface area contributed by atoms with Crippen molar-refractivity contribution in [1.82, 2.24) is 30.2 Å². The van der Waals surface area contributed by atoms with Crippen LogP contribution < -0.4 is 16.4 Å². The van der Waals surface area contributed by atoms with Crippen LogP contribution in [0.5, 0.6) is 0 Å². The largest absolute Gasteiger partial charge is 0.481 e. The van der Waals surface area contributed by atoms with E-state index in [1.807, 2.05) is 12.2 Å². The minimum Gasteiger partial charge on any atom is -0.386 e. The Balaban J connectivity index is 1.43. The molecule has 2 aromatic heterocycles. The molecular weight excluding hydrogens is 867 g/mol. The molecule has 2 aromatic rings. The molecule has 3 heterocycles. The monoisotopic (exact) mass is 917 g/mol. The molecule has 10 N–H and O–H groups in total. The number of nitrogens with one attached hydrogen (secondary N) is 2. The van der Waals surface area contributed by atoms with Crippen LogP contribution in [0.25, 0.3) is 11.2 Å². The molecule has 1 aliphatic rings. The molecule has 0 radical (unpaired) electrons. The zero-order chi connectivity index (χ0) is 44.0. The molecule has 24 nitrogen and oxygen atoms in total. The van der Waals surface area contributed by atoms with E-state index in [1.54, 1.807) is 0 Å². The van der Waals surface area contributed by atoms with E-state index >= 15 is 0 Å². The average molecular weight is 918 g/mol. The zero-order valence-corrected chi connectivity index (χ0v) is 35.7. The number of unbranched alkanes of at least 4 members (excludes halogenated alkanes) is 1. The Morgan fingerprint density at radius 2 is 1.69 bits per heavy atom. The average Bonchev–Trinajstić information content (AvgIpc) is 3.71. The van der Waals surface area contributed by atoms with Gasteiger partial charge in [0, 0.05) is 37.1 Å². The number of hydrogen-bond acceptors (Lipinski definition) is 18. The number of hydrogen-bond donors (Lipinski definition) is 9. The summed E-state index contributed by atoms with van der Waals surface area (Å²) in [6.45, 7) is 2.55. The SMILES string of the molecule is CC/C=C\CC/C=C/CC(=O)SCCNC(=O)CCNC(=O)[C@H](O)C(C)(C)COP(=O)(O)OP(=O)(O)OC[C@H]1O[C@@H](n2cnc3c(N)ncnc32)[C@H](O)[C@@H]1OP(=O)(O)O. The topological polar surface area (TPSA) is 364 Å². The smallest absolute Gasteiger partial charge is 0.386 e. The lowest BCUT2D eigenvalue weighted by atomic mass is 9.87. The molecule has 0 aromatic carbocycles. The van der Waals surface area contributed by atoms with Gasteiger partial charge in [-0.05, 0) is 19.3 Å². The van der Waals surface area contributed by atoms with Crippen LogP contribution >= 0.6 is 35.2 Å². The van der Waals surface area contributed by atoms with E-state index in [4.69, 9.17) is 19.5 Å². The molecule has 1 aliphatic heterocycles. The van der Waals surface area contributed by atoms with Crippen molar-refractivity contribution >= 4 is 69.1 Å². The number of carbonyl (C=O) groups is 3. The molecule has 28 heteroatoms. The maximum Gasteiger partial charge on any atom is 0.481 e. The van der Waals surface area contributed by atoms with Crippen LogP contribution in [0.3, 0.4) is 0 Å². The summed E-state index contributed by atoms with van der Waals surface area (Å²) < 4.78 is 62.2. The van der Waals surface area contributed by atoms with Gasteiger partial charge in [0.15, 0.2) is 22.8 Å². The number of imidazole rings is 1. The van der Waals surface area contributed by atoms with Crippen molar-refractivity contribution in [2.24, 2.45) is 5.41 Å². The predicted octanol–water partition coefficient (Wildman–Crippen LogP) is 1.36. The zero-order valence-electron chi connectivity index (χ0n) is 32.2. The molecular formula is C31H50N7O17P3S. The fraction of sp³-hybridized carbons (Fsp3) is 0.613. The lowest BCUT2D eigenvalue weighted by molar-refractivity contribution is -0.137. The fourth-order valence-corrected chi connectivity index (χ4v) is 8.60. The molecule has 0 aliphatic carbocycles. The van der Waals surface area contributed by atoms with Gasteiger partial charge in [0.25, 0.3) is 0 Å². The molecule has 0 saturated carbocycles. The number of carbonyl (C=O) groups excluding carboxylic acids is 3. The Kier molecular flexibility index (Phi) is 19.4. The predicted molar refractivity (Wildman–Crippen MR) is 210 cm³/mol. The Morgan fingerprint density at radius 3 is 2.37 bits per heavy atom. The Morgan fingerprint density at radius 1 is 1.02 bits per heavy atom. The minimum absolute atomic E-state index is 0.0304. The summed E-state index contributed by atoms with van der Waals surface area (Å²) >= 11 is 1.08. The van der Waals surface area contributed by atoms with Gasteiger partial charge in [-0.2, -0.15) is 4.31 Å². The van der Waals surface area contributed by atoms with Gasteiger partial charge in [-0.15, -0.1) is 0 Å². The Hall–Kier alpha value is -2.96. The number of thioether (sulfide) groups is 1. The number of aliphatic hydroxyl groups excluding tert-OH is 2. The maximum atomic E-state index is 12.7. The summed E-state index contributed by atoms with van der Waals surface area (Å²) in [7, 11) is -16.4. The van der Waals surface area contributed by atoms with Crippen LogP contribution in [0.1, 0.15) is 59.1 Å². The summed E-state index contributed by atoms with van der Waals surface area (Å²) in [5.74, 6) is -1.11. The number of amides is 2. The third-order valence-electron chi connectivity index (χ3n) is 8.12. The number of phosphoric acid groups is 3. The molecule has 0 bridgehead atoms. The van der Waals surface area contributed by atoms with Crippen LogP contribution in [0.2, 0.25) is 0 Å². The number of fused-ring (bicyclic) bond motifs is 1. The molecule has 59 heavy (non-hydrogen) atoms. The van der Waals surface area contributed by atoms with Gasteiger partial charge in [0.05, 0.1) is 19.5 Å². The van der Waals surface area contributed by atoms with E-state index in [0.717, 1.165) is 48.2 Å². The number of ether oxygens (including phenoxy) is 1. The van der Waals surface area contributed by atoms with Crippen LogP contribution in [0, 0.1) is 5.41 Å². The highest BCUT2D eigenvalue weighted by Gasteiger charge is 2.50. The normalized spacial score (nSPS) is 21.4. The molecule has 0 spiro atoms. The quantitative estimate of drug-likeness (QED) is 0.0385. The summed E-state index contributed by atoms with van der Waals surface area (Å²) in [4.78, 5) is 87.7. The van der Waals surface area contributed by atoms with Gasteiger partial charge in [0.1, 0.15) is 36.3 Å². The number of aromatic nitrogens is 4. The van der Waals surface area contributed by atoms with Crippen LogP contribution in [-0.4, -0.2) is 123 Å². The molecule has 7 atom stereocenters. The van der Waals surface area contributed by atoms with E-state index in [-0.39, 0.29) is 48.0 Å². The van der Waals surface area contributed by atoms with Gasteiger partial charge in [-0.3, -0.25) is 32.5 Å². The van der Waals surface area contributed by atoms with Gasteiger partial charge < -0.3 is 50.9 Å². The van der Waals surface area contributed by atoms with E-state index in [9.17, 15) is 57.9 Å². The Bertz CT molecular complexity index is 1950. The van der Waals surface area contributed by atoms with Crippen molar-refractivity contribution in [3.8, 4) is 0 Å². The van der Waals surface area contributed by atoms with Gasteiger partial charge in [-0.1, -0.05) is 56.8 Å². The van der Waals surface area contributed by atoms with Crippen molar-refractivity contribution < 1.29 is 80.5 Å². The Labute approximate surface area is 342 Å². The molecule has 2 amide bonds. The first-order valence-corrected chi connectivity index (χ1v) is 23.4. The van der Waals surface area contributed by atoms with Crippen LogP contribution in [0.4, 0.5) is 5.82 Å². The first-order valence-electron chi connectivity index (χ1n) is 17.9. The molecule has 332 valence electrons. The van der Waals surface area contributed by atoms with Crippen molar-refractivity contribution in [2.45, 2.75) is 83.5 Å². The van der Waals surface area contributed by atoms with Gasteiger partial charge >= 0.3 is 23.5 Å². The number of nitrogens with two attached hydrogens (primary N) is 1. The second-order valence-corrected chi connectivity index (χ2v) is 18.8. The maximum absolute atomic E-state index is 12.7. The molecule has 3 rings (SSSR count). The second-order valence-electron chi connectivity index (χ2n) is 13.4. The van der Waals surface area contributed by atoms with Crippen LogP contribution in [-0.2, 0) is 50.7 Å². The lowest BCUT2D eigenvalue weighted by Gasteiger charge is -2.30. The van der Waals surface area contributed by atoms with Gasteiger partial charge in [-0.25, -0.2) is 28.6 Å². The molecule has 2 unspecified atom stereocenters. The fourth-order valence-electron chi connectivity index (χ4n) is 5.13. The molecule has 1 saturated heterocycles. The number of anilines is 1. The lowest BCUT2D eigenvalue weighted by Crippen LogP contribution is -2.46. The minimum atomic E-state index is -5.57. The van der Waals surface area contributed by atoms with Crippen molar-refractivity contribution in [1.29, 1.82) is 0 Å². The number of rotatable bonds is 25. The van der Waals surface area contributed by atoms with Gasteiger partial charge in [0.2, 0.25) is 11.8 Å².